The molecule has 0 saturated heterocycles. The summed E-state index contributed by atoms with van der Waals surface area (Å²) in [5, 5.41) is 5.82. The summed E-state index contributed by atoms with van der Waals surface area (Å²) in [5.41, 5.74) is 6.40. The topological polar surface area (TPSA) is 12.0 Å². The lowest BCUT2D eigenvalue weighted by molar-refractivity contribution is 1.38. The molecule has 0 aliphatic rings. The van der Waals surface area contributed by atoms with Crippen molar-refractivity contribution in [3.05, 3.63) is 120 Å². The molecule has 0 amide bonds. The smallest absolute Gasteiger partial charge is 0.0387 e. The number of anilines is 1. The van der Waals surface area contributed by atoms with Crippen molar-refractivity contribution in [3.63, 3.8) is 0 Å². The maximum atomic E-state index is 5.85. The van der Waals surface area contributed by atoms with Gasteiger partial charge in [-0.1, -0.05) is 90.8 Å². The average Bonchev–Trinajstić information content (AvgIpc) is 2.80. The molecule has 0 spiro atoms. The lowest BCUT2D eigenvalue weighted by atomic mass is 9.98. The largest absolute Gasteiger partial charge is 0.359 e. The Kier molecular flexibility index (Phi) is 5.78. The van der Waals surface area contributed by atoms with Crippen LogP contribution in [0.5, 0.6) is 0 Å². The molecule has 1 nitrogen and oxygen atoms in total. The minimum Gasteiger partial charge on any atom is -0.359 e. The first-order chi connectivity index (χ1) is 14.7. The quantitative estimate of drug-likeness (QED) is 0.276. The highest BCUT2D eigenvalue weighted by Gasteiger charge is 2.04. The Balaban J connectivity index is 1.59. The Morgan fingerprint density at radius 1 is 0.767 bits per heavy atom. The first-order valence-electron chi connectivity index (χ1n) is 10.0. The van der Waals surface area contributed by atoms with Crippen LogP contribution in [-0.2, 0) is 0 Å². The van der Waals surface area contributed by atoms with Gasteiger partial charge >= 0.3 is 0 Å². The van der Waals surface area contributed by atoms with Crippen molar-refractivity contribution in [3.8, 4) is 23.5 Å². The number of rotatable bonds is 5. The zero-order valence-corrected chi connectivity index (χ0v) is 17.0. The van der Waals surface area contributed by atoms with Gasteiger partial charge in [0.15, 0.2) is 0 Å². The number of allylic oxidation sites excluding steroid dienone is 4. The SMILES string of the molecule is C#C/C(=C\C=C(/C)Nc1cccc(-c2ccccc2)c1)c1cccc2ccccc12. The summed E-state index contributed by atoms with van der Waals surface area (Å²) >= 11 is 0. The second kappa shape index (κ2) is 8.99. The van der Waals surface area contributed by atoms with Crippen molar-refractivity contribution >= 4 is 22.0 Å². The van der Waals surface area contributed by atoms with Gasteiger partial charge in [-0.15, -0.1) is 6.42 Å². The number of hydrogen-bond donors (Lipinski definition) is 1. The fourth-order valence-corrected chi connectivity index (χ4v) is 3.56. The van der Waals surface area contributed by atoms with Crippen molar-refractivity contribution in [2.24, 2.45) is 0 Å². The van der Waals surface area contributed by atoms with Gasteiger partial charge in [-0.2, -0.15) is 0 Å². The van der Waals surface area contributed by atoms with Crippen molar-refractivity contribution in [1.29, 1.82) is 0 Å². The van der Waals surface area contributed by atoms with Crippen molar-refractivity contribution in [2.45, 2.75) is 6.92 Å². The predicted octanol–water partition coefficient (Wildman–Crippen LogP) is 7.54. The van der Waals surface area contributed by atoms with Gasteiger partial charge in [0.05, 0.1) is 0 Å². The predicted molar refractivity (Wildman–Crippen MR) is 130 cm³/mol. The molecule has 0 aliphatic heterocycles. The molecule has 4 aromatic carbocycles. The Hall–Kier alpha value is -4.02. The molecule has 0 aliphatic carbocycles. The fourth-order valence-electron chi connectivity index (χ4n) is 3.56. The van der Waals surface area contributed by atoms with E-state index in [0.717, 1.165) is 22.5 Å². The van der Waals surface area contributed by atoms with Crippen LogP contribution in [0.25, 0.3) is 27.5 Å². The van der Waals surface area contributed by atoms with E-state index in [1.807, 2.05) is 43.3 Å². The summed E-state index contributed by atoms with van der Waals surface area (Å²) in [4.78, 5) is 0. The second-order valence-electron chi connectivity index (χ2n) is 7.17. The maximum Gasteiger partial charge on any atom is 0.0387 e. The van der Waals surface area contributed by atoms with E-state index in [0.29, 0.717) is 0 Å². The highest BCUT2D eigenvalue weighted by molar-refractivity contribution is 5.97. The maximum absolute atomic E-state index is 5.85. The number of benzene rings is 4. The molecule has 0 atom stereocenters. The third-order valence-electron chi connectivity index (χ3n) is 5.05. The second-order valence-corrected chi connectivity index (χ2v) is 7.17. The monoisotopic (exact) mass is 385 g/mol. The van der Waals surface area contributed by atoms with E-state index in [1.54, 1.807) is 0 Å². The van der Waals surface area contributed by atoms with Crippen LogP contribution in [0.4, 0.5) is 5.69 Å². The summed E-state index contributed by atoms with van der Waals surface area (Å²) in [6, 6.07) is 33.3. The van der Waals surface area contributed by atoms with Crippen molar-refractivity contribution < 1.29 is 0 Å². The average molecular weight is 386 g/mol. The third kappa shape index (κ3) is 4.35. The molecule has 144 valence electrons. The van der Waals surface area contributed by atoms with Gasteiger partial charge < -0.3 is 5.32 Å². The third-order valence-corrected chi connectivity index (χ3v) is 5.05. The van der Waals surface area contributed by atoms with Gasteiger partial charge in [-0.25, -0.2) is 0 Å². The molecule has 1 heteroatoms. The first-order valence-corrected chi connectivity index (χ1v) is 10.0. The number of fused-ring (bicyclic) bond motifs is 1. The van der Waals surface area contributed by atoms with Crippen LogP contribution in [0.3, 0.4) is 0 Å². The van der Waals surface area contributed by atoms with Crippen molar-refractivity contribution in [1.82, 2.24) is 0 Å². The van der Waals surface area contributed by atoms with Crippen molar-refractivity contribution in [2.75, 3.05) is 5.32 Å². The van der Waals surface area contributed by atoms with Gasteiger partial charge in [0.2, 0.25) is 0 Å². The molecule has 30 heavy (non-hydrogen) atoms. The van der Waals surface area contributed by atoms with E-state index in [4.69, 9.17) is 6.42 Å². The number of nitrogens with one attached hydrogen (secondary N) is 1. The molecule has 4 rings (SSSR count). The van der Waals surface area contributed by atoms with E-state index in [2.05, 4.69) is 84.0 Å². The fraction of sp³-hybridized carbons (Fsp3) is 0.0345. The summed E-state index contributed by atoms with van der Waals surface area (Å²) in [5.74, 6) is 2.85. The summed E-state index contributed by atoms with van der Waals surface area (Å²) in [6.07, 6.45) is 9.89. The lowest BCUT2D eigenvalue weighted by Crippen LogP contribution is -1.95. The van der Waals surface area contributed by atoms with E-state index in [-0.39, 0.29) is 0 Å². The normalized spacial score (nSPS) is 11.9. The highest BCUT2D eigenvalue weighted by Crippen LogP contribution is 2.26. The molecule has 4 aromatic rings. The lowest BCUT2D eigenvalue weighted by Gasteiger charge is -2.09. The molecule has 0 unspecified atom stereocenters. The molecule has 0 bridgehead atoms. The van der Waals surface area contributed by atoms with Gasteiger partial charge in [0.25, 0.3) is 0 Å². The molecule has 0 aromatic heterocycles. The van der Waals surface area contributed by atoms with Gasteiger partial charge in [-0.05, 0) is 58.7 Å². The van der Waals surface area contributed by atoms with Crippen LogP contribution >= 0.6 is 0 Å². The van der Waals surface area contributed by atoms with Crippen LogP contribution < -0.4 is 5.32 Å². The van der Waals surface area contributed by atoms with Crippen LogP contribution in [0.1, 0.15) is 12.5 Å². The Labute approximate surface area is 178 Å². The highest BCUT2D eigenvalue weighted by atomic mass is 14.9. The molecule has 0 heterocycles. The zero-order valence-electron chi connectivity index (χ0n) is 17.0. The molecule has 0 fully saturated rings. The minimum atomic E-state index is 0.867. The van der Waals surface area contributed by atoms with E-state index in [1.165, 1.54) is 21.9 Å². The van der Waals surface area contributed by atoms with Crippen LogP contribution in [0.15, 0.2) is 115 Å². The zero-order chi connectivity index (χ0) is 20.8. The molecule has 1 N–H and O–H groups in total. The molecular weight excluding hydrogens is 362 g/mol. The van der Waals surface area contributed by atoms with E-state index >= 15 is 0 Å². The summed E-state index contributed by atoms with van der Waals surface area (Å²) in [7, 11) is 0. The van der Waals surface area contributed by atoms with Crippen LogP contribution in [0.2, 0.25) is 0 Å². The summed E-state index contributed by atoms with van der Waals surface area (Å²) < 4.78 is 0. The Bertz CT molecular complexity index is 1270. The van der Waals surface area contributed by atoms with E-state index in [9.17, 15) is 0 Å². The molecule has 0 radical (unpaired) electrons. The Morgan fingerprint density at radius 2 is 1.47 bits per heavy atom. The van der Waals surface area contributed by atoms with Gasteiger partial charge in [0.1, 0.15) is 0 Å². The first kappa shape index (κ1) is 19.3. The number of hydrogen-bond acceptors (Lipinski definition) is 1. The van der Waals surface area contributed by atoms with Crippen LogP contribution in [0, 0.1) is 12.3 Å². The van der Waals surface area contributed by atoms with Gasteiger partial charge in [-0.3, -0.25) is 0 Å². The van der Waals surface area contributed by atoms with Gasteiger partial charge in [0, 0.05) is 17.0 Å². The van der Waals surface area contributed by atoms with E-state index < -0.39 is 0 Å². The minimum absolute atomic E-state index is 0.867. The standard InChI is InChI=1S/C29H23N/c1-3-23(28-18-10-14-25-13-7-8-17-29(25)28)20-19-22(2)30-27-16-9-15-26(21-27)24-11-5-4-6-12-24/h1,4-21,30H,2H3/b22-19+,23-20+. The molecule has 0 saturated carbocycles. The Morgan fingerprint density at radius 3 is 2.30 bits per heavy atom. The molecular formula is C29H23N. The summed E-state index contributed by atoms with van der Waals surface area (Å²) in [6.45, 7) is 2.04. The van der Waals surface area contributed by atoms with Crippen LogP contribution in [-0.4, -0.2) is 0 Å². The number of terminal acetylenes is 1.